The van der Waals surface area contributed by atoms with Crippen LogP contribution in [-0.2, 0) is 6.54 Å². The zero-order valence-electron chi connectivity index (χ0n) is 15.4. The van der Waals surface area contributed by atoms with Crippen LogP contribution >= 0.6 is 0 Å². The number of benzene rings is 2. The van der Waals surface area contributed by atoms with Crippen LogP contribution in [0, 0.1) is 6.92 Å². The highest BCUT2D eigenvalue weighted by Gasteiger charge is 2.33. The van der Waals surface area contributed by atoms with Crippen molar-refractivity contribution in [2.24, 2.45) is 5.73 Å². The highest BCUT2D eigenvalue weighted by molar-refractivity contribution is 5.95. The Morgan fingerprint density at radius 1 is 1.22 bits per heavy atom. The molecule has 0 bridgehead atoms. The molecule has 0 unspecified atom stereocenters. The van der Waals surface area contributed by atoms with Crippen molar-refractivity contribution in [3.05, 3.63) is 71.3 Å². The third-order valence-corrected chi connectivity index (χ3v) is 5.05. The van der Waals surface area contributed by atoms with Gasteiger partial charge in [-0.15, -0.1) is 0 Å². The Balaban J connectivity index is 1.55. The zero-order chi connectivity index (χ0) is 18.8. The first-order valence-electron chi connectivity index (χ1n) is 9.25. The number of carbonyl (C=O) groups excluding carboxylic acids is 1. The Kier molecular flexibility index (Phi) is 4.73. The Morgan fingerprint density at radius 3 is 2.74 bits per heavy atom. The number of amides is 1. The van der Waals surface area contributed by atoms with Gasteiger partial charge in [0.2, 0.25) is 0 Å². The average Bonchev–Trinajstić information content (AvgIpc) is 3.36. The van der Waals surface area contributed by atoms with Crippen LogP contribution in [0.3, 0.4) is 0 Å². The molecule has 1 atom stereocenters. The van der Waals surface area contributed by atoms with Crippen LogP contribution in [0.1, 0.15) is 46.5 Å². The molecule has 1 aromatic heterocycles. The van der Waals surface area contributed by atoms with Crippen LogP contribution in [0.4, 0.5) is 0 Å². The maximum Gasteiger partial charge on any atom is 0.254 e. The van der Waals surface area contributed by atoms with E-state index in [-0.39, 0.29) is 11.9 Å². The van der Waals surface area contributed by atoms with Gasteiger partial charge >= 0.3 is 0 Å². The number of aromatic amines is 1. The summed E-state index contributed by atoms with van der Waals surface area (Å²) in [5, 5.41) is 7.13. The van der Waals surface area contributed by atoms with Gasteiger partial charge in [-0.05, 0) is 54.7 Å². The number of nitrogens with two attached hydrogens (primary N) is 1. The van der Waals surface area contributed by atoms with E-state index in [4.69, 9.17) is 5.73 Å². The standard InChI is InChI=1S/C21H23N5O/c1-14-23-20(25-24-14)19-6-3-11-26(19)21(27)17-9-7-16(8-10-17)18-5-2-4-15(12-18)13-22/h2,4-5,7-10,12,19H,3,6,11,13,22H2,1H3,(H,23,24,25)/t19-/m1/s1. The molecule has 0 radical (unpaired) electrons. The summed E-state index contributed by atoms with van der Waals surface area (Å²) in [6, 6.07) is 15.9. The van der Waals surface area contributed by atoms with E-state index in [9.17, 15) is 4.79 Å². The monoisotopic (exact) mass is 361 g/mol. The minimum Gasteiger partial charge on any atom is -0.328 e. The molecule has 1 amide bonds. The lowest BCUT2D eigenvalue weighted by atomic mass is 10.0. The molecule has 0 saturated carbocycles. The molecule has 2 heterocycles. The number of likely N-dealkylation sites (tertiary alicyclic amines) is 1. The smallest absolute Gasteiger partial charge is 0.254 e. The molecule has 4 rings (SSSR count). The molecular formula is C21H23N5O. The first kappa shape index (κ1) is 17.4. The van der Waals surface area contributed by atoms with Crippen molar-refractivity contribution in [3.8, 4) is 11.1 Å². The van der Waals surface area contributed by atoms with E-state index in [1.807, 2.05) is 48.2 Å². The normalized spacial score (nSPS) is 16.7. The first-order chi connectivity index (χ1) is 13.2. The summed E-state index contributed by atoms with van der Waals surface area (Å²) < 4.78 is 0. The van der Waals surface area contributed by atoms with Gasteiger partial charge in [-0.25, -0.2) is 4.98 Å². The Hall–Kier alpha value is -2.99. The zero-order valence-corrected chi connectivity index (χ0v) is 15.4. The molecule has 1 aliphatic rings. The van der Waals surface area contributed by atoms with Crippen molar-refractivity contribution >= 4 is 5.91 Å². The summed E-state index contributed by atoms with van der Waals surface area (Å²) in [4.78, 5) is 19.3. The third kappa shape index (κ3) is 3.48. The number of nitrogens with one attached hydrogen (secondary N) is 1. The van der Waals surface area contributed by atoms with Gasteiger partial charge < -0.3 is 10.6 Å². The molecule has 3 aromatic rings. The summed E-state index contributed by atoms with van der Waals surface area (Å²) >= 11 is 0. The van der Waals surface area contributed by atoms with Crippen LogP contribution in [0.15, 0.2) is 48.5 Å². The summed E-state index contributed by atoms with van der Waals surface area (Å²) in [5.74, 6) is 1.50. The van der Waals surface area contributed by atoms with Crippen LogP contribution in [0.2, 0.25) is 0 Å². The maximum absolute atomic E-state index is 13.0. The van der Waals surface area contributed by atoms with E-state index in [1.54, 1.807) is 0 Å². The van der Waals surface area contributed by atoms with E-state index in [0.717, 1.165) is 41.9 Å². The Morgan fingerprint density at radius 2 is 2.04 bits per heavy atom. The van der Waals surface area contributed by atoms with Gasteiger partial charge in [0.25, 0.3) is 5.91 Å². The second kappa shape index (κ2) is 7.32. The Labute approximate surface area is 158 Å². The number of hydrogen-bond acceptors (Lipinski definition) is 4. The van der Waals surface area contributed by atoms with Gasteiger partial charge in [0.1, 0.15) is 5.82 Å². The molecule has 6 nitrogen and oxygen atoms in total. The quantitative estimate of drug-likeness (QED) is 0.747. The largest absolute Gasteiger partial charge is 0.328 e. The Bertz CT molecular complexity index is 947. The molecule has 6 heteroatoms. The van der Waals surface area contributed by atoms with Crippen LogP contribution in [-0.4, -0.2) is 32.5 Å². The second-order valence-electron chi connectivity index (χ2n) is 6.92. The van der Waals surface area contributed by atoms with Gasteiger partial charge in [-0.3, -0.25) is 9.89 Å². The molecule has 3 N–H and O–H groups in total. The number of carbonyl (C=O) groups is 1. The van der Waals surface area contributed by atoms with Gasteiger partial charge in [0, 0.05) is 18.7 Å². The van der Waals surface area contributed by atoms with E-state index in [0.29, 0.717) is 17.9 Å². The first-order valence-corrected chi connectivity index (χ1v) is 9.25. The van der Waals surface area contributed by atoms with Crippen molar-refractivity contribution in [3.63, 3.8) is 0 Å². The van der Waals surface area contributed by atoms with Gasteiger partial charge in [-0.1, -0.05) is 30.3 Å². The number of hydrogen-bond donors (Lipinski definition) is 2. The van der Waals surface area contributed by atoms with Crippen molar-refractivity contribution < 1.29 is 4.79 Å². The lowest BCUT2D eigenvalue weighted by Gasteiger charge is -2.22. The average molecular weight is 361 g/mol. The lowest BCUT2D eigenvalue weighted by molar-refractivity contribution is 0.0730. The predicted octanol–water partition coefficient (Wildman–Crippen LogP) is 3.22. The fourth-order valence-corrected chi connectivity index (χ4v) is 3.64. The highest BCUT2D eigenvalue weighted by Crippen LogP contribution is 2.31. The fraction of sp³-hybridized carbons (Fsp3) is 0.286. The van der Waals surface area contributed by atoms with E-state index in [2.05, 4.69) is 27.3 Å². The van der Waals surface area contributed by atoms with Gasteiger partial charge in [0.15, 0.2) is 5.82 Å². The van der Waals surface area contributed by atoms with Crippen LogP contribution in [0.5, 0.6) is 0 Å². The third-order valence-electron chi connectivity index (χ3n) is 5.05. The SMILES string of the molecule is Cc1nc([C@H]2CCCN2C(=O)c2ccc(-c3cccc(CN)c3)cc2)n[nH]1. The van der Waals surface area contributed by atoms with Crippen LogP contribution in [0.25, 0.3) is 11.1 Å². The fourth-order valence-electron chi connectivity index (χ4n) is 3.64. The number of aryl methyl sites for hydroxylation is 1. The summed E-state index contributed by atoms with van der Waals surface area (Å²) in [5.41, 5.74) is 9.69. The van der Waals surface area contributed by atoms with Crippen molar-refractivity contribution in [2.75, 3.05) is 6.54 Å². The predicted molar refractivity (Wildman–Crippen MR) is 104 cm³/mol. The molecule has 138 valence electrons. The summed E-state index contributed by atoms with van der Waals surface area (Å²) in [6.07, 6.45) is 1.86. The van der Waals surface area contributed by atoms with Gasteiger partial charge in [-0.2, -0.15) is 5.10 Å². The molecule has 2 aromatic carbocycles. The number of H-pyrrole nitrogens is 1. The van der Waals surface area contributed by atoms with Crippen molar-refractivity contribution in [2.45, 2.75) is 32.4 Å². The molecular weight excluding hydrogens is 338 g/mol. The van der Waals surface area contributed by atoms with Crippen molar-refractivity contribution in [1.82, 2.24) is 20.1 Å². The van der Waals surface area contributed by atoms with Crippen molar-refractivity contribution in [1.29, 1.82) is 0 Å². The van der Waals surface area contributed by atoms with E-state index < -0.39 is 0 Å². The molecule has 0 aliphatic carbocycles. The van der Waals surface area contributed by atoms with E-state index >= 15 is 0 Å². The second-order valence-corrected chi connectivity index (χ2v) is 6.92. The number of rotatable bonds is 4. The van der Waals surface area contributed by atoms with Crippen LogP contribution < -0.4 is 5.73 Å². The van der Waals surface area contributed by atoms with Gasteiger partial charge in [0.05, 0.1) is 6.04 Å². The van der Waals surface area contributed by atoms with E-state index in [1.165, 1.54) is 0 Å². The number of aromatic nitrogens is 3. The summed E-state index contributed by atoms with van der Waals surface area (Å²) in [7, 11) is 0. The molecule has 1 saturated heterocycles. The summed E-state index contributed by atoms with van der Waals surface area (Å²) in [6.45, 7) is 3.12. The highest BCUT2D eigenvalue weighted by atomic mass is 16.2. The molecule has 1 fully saturated rings. The number of nitrogens with zero attached hydrogens (tertiary/aromatic N) is 3. The molecule has 0 spiro atoms. The molecule has 27 heavy (non-hydrogen) atoms. The lowest BCUT2D eigenvalue weighted by Crippen LogP contribution is -2.31. The topological polar surface area (TPSA) is 87.9 Å². The minimum atomic E-state index is -0.0524. The molecule has 1 aliphatic heterocycles. The minimum absolute atomic E-state index is 0.0298. The maximum atomic E-state index is 13.0.